The zero-order chi connectivity index (χ0) is 9.26. The van der Waals surface area contributed by atoms with Crippen molar-refractivity contribution < 1.29 is 4.79 Å². The first kappa shape index (κ1) is 9.34. The van der Waals surface area contributed by atoms with E-state index < -0.39 is 0 Å². The van der Waals surface area contributed by atoms with Gasteiger partial charge in [-0.25, -0.2) is 0 Å². The summed E-state index contributed by atoms with van der Waals surface area (Å²) < 4.78 is 0. The number of hydrogen-bond acceptors (Lipinski definition) is 3. The maximum atomic E-state index is 11.2. The fourth-order valence-corrected chi connectivity index (χ4v) is 2.47. The Labute approximate surface area is 84.3 Å². The Morgan fingerprint density at radius 3 is 2.62 bits per heavy atom. The SMILES string of the molecule is O=C(CS)NC1CN2CCC1CC2. The van der Waals surface area contributed by atoms with Crippen molar-refractivity contribution in [1.82, 2.24) is 10.2 Å². The van der Waals surface area contributed by atoms with E-state index in [0.717, 1.165) is 6.54 Å². The highest BCUT2D eigenvalue weighted by atomic mass is 32.1. The van der Waals surface area contributed by atoms with Crippen LogP contribution in [-0.2, 0) is 4.79 Å². The number of thiol groups is 1. The number of hydrogen-bond donors (Lipinski definition) is 2. The van der Waals surface area contributed by atoms with Crippen LogP contribution in [0.15, 0.2) is 0 Å². The molecule has 0 saturated carbocycles. The smallest absolute Gasteiger partial charge is 0.229 e. The van der Waals surface area contributed by atoms with Crippen LogP contribution in [-0.4, -0.2) is 42.2 Å². The molecule has 0 aromatic heterocycles. The molecule has 1 N–H and O–H groups in total. The Hall–Kier alpha value is -0.220. The summed E-state index contributed by atoms with van der Waals surface area (Å²) in [5.74, 6) is 1.10. The summed E-state index contributed by atoms with van der Waals surface area (Å²) in [4.78, 5) is 13.6. The third-order valence-electron chi connectivity index (χ3n) is 3.15. The van der Waals surface area contributed by atoms with Crippen LogP contribution in [0.3, 0.4) is 0 Å². The normalized spacial score (nSPS) is 37.5. The second-order valence-corrected chi connectivity index (χ2v) is 4.29. The molecule has 0 spiro atoms. The largest absolute Gasteiger partial charge is 0.351 e. The molecule has 1 unspecified atom stereocenters. The van der Waals surface area contributed by atoms with Crippen LogP contribution in [0.25, 0.3) is 0 Å². The van der Waals surface area contributed by atoms with Crippen molar-refractivity contribution in [2.75, 3.05) is 25.4 Å². The zero-order valence-electron chi connectivity index (χ0n) is 7.70. The highest BCUT2D eigenvalue weighted by Crippen LogP contribution is 2.27. The van der Waals surface area contributed by atoms with Gasteiger partial charge < -0.3 is 10.2 Å². The minimum atomic E-state index is 0.0714. The van der Waals surface area contributed by atoms with E-state index in [1.165, 1.54) is 25.9 Å². The number of carbonyl (C=O) groups is 1. The van der Waals surface area contributed by atoms with E-state index >= 15 is 0 Å². The molecule has 1 amide bonds. The molecular weight excluding hydrogens is 184 g/mol. The van der Waals surface area contributed by atoms with E-state index in [4.69, 9.17) is 0 Å². The zero-order valence-corrected chi connectivity index (χ0v) is 8.59. The van der Waals surface area contributed by atoms with Crippen LogP contribution in [0, 0.1) is 5.92 Å². The van der Waals surface area contributed by atoms with Gasteiger partial charge in [-0.2, -0.15) is 12.6 Å². The van der Waals surface area contributed by atoms with Crippen molar-refractivity contribution in [2.24, 2.45) is 5.92 Å². The maximum absolute atomic E-state index is 11.2. The topological polar surface area (TPSA) is 32.3 Å². The molecule has 13 heavy (non-hydrogen) atoms. The molecular formula is C9H16N2OS. The van der Waals surface area contributed by atoms with Crippen molar-refractivity contribution in [3.8, 4) is 0 Å². The van der Waals surface area contributed by atoms with E-state index in [0.29, 0.717) is 17.7 Å². The molecule has 3 rings (SSSR count). The lowest BCUT2D eigenvalue weighted by Gasteiger charge is -2.44. The molecule has 0 aliphatic carbocycles. The molecule has 4 heteroatoms. The van der Waals surface area contributed by atoms with Gasteiger partial charge in [0.1, 0.15) is 0 Å². The average Bonchev–Trinajstić information content (AvgIpc) is 2.19. The Balaban J connectivity index is 1.90. The number of fused-ring (bicyclic) bond motifs is 3. The molecule has 0 aromatic carbocycles. The first-order valence-corrected chi connectivity index (χ1v) is 5.55. The van der Waals surface area contributed by atoms with Crippen LogP contribution >= 0.6 is 12.6 Å². The second kappa shape index (κ2) is 3.88. The van der Waals surface area contributed by atoms with Crippen LogP contribution in [0.1, 0.15) is 12.8 Å². The molecule has 74 valence electrons. The number of piperidine rings is 3. The quantitative estimate of drug-likeness (QED) is 0.621. The molecule has 3 aliphatic heterocycles. The van der Waals surface area contributed by atoms with Gasteiger partial charge in [-0.3, -0.25) is 4.79 Å². The molecule has 0 radical (unpaired) electrons. The van der Waals surface area contributed by atoms with Crippen molar-refractivity contribution in [2.45, 2.75) is 18.9 Å². The van der Waals surface area contributed by atoms with E-state index in [1.54, 1.807) is 0 Å². The molecule has 1 atom stereocenters. The predicted octanol–water partition coefficient (Wildman–Crippen LogP) is 0.127. The van der Waals surface area contributed by atoms with Gasteiger partial charge >= 0.3 is 0 Å². The molecule has 3 heterocycles. The molecule has 3 aliphatic rings. The van der Waals surface area contributed by atoms with Gasteiger partial charge in [0.25, 0.3) is 0 Å². The fourth-order valence-electron chi connectivity index (χ4n) is 2.38. The number of nitrogens with one attached hydrogen (secondary N) is 1. The van der Waals surface area contributed by atoms with Gasteiger partial charge in [0, 0.05) is 12.6 Å². The standard InChI is InChI=1S/C9H16N2OS/c12-9(6-13)10-8-5-11-3-1-7(8)2-4-11/h7-8,13H,1-6H2,(H,10,12). The summed E-state index contributed by atoms with van der Waals surface area (Å²) in [5.41, 5.74) is 0. The first-order valence-electron chi connectivity index (χ1n) is 4.92. The monoisotopic (exact) mass is 200 g/mol. The fraction of sp³-hybridized carbons (Fsp3) is 0.889. The van der Waals surface area contributed by atoms with E-state index in [1.807, 2.05) is 0 Å². The predicted molar refractivity (Wildman–Crippen MR) is 54.9 cm³/mol. The highest BCUT2D eigenvalue weighted by molar-refractivity contribution is 7.81. The number of rotatable bonds is 2. The molecule has 3 saturated heterocycles. The van der Waals surface area contributed by atoms with Gasteiger partial charge in [-0.1, -0.05) is 0 Å². The van der Waals surface area contributed by atoms with Crippen molar-refractivity contribution in [3.63, 3.8) is 0 Å². The summed E-state index contributed by atoms with van der Waals surface area (Å²) in [6, 6.07) is 0.391. The lowest BCUT2D eigenvalue weighted by Crippen LogP contribution is -2.57. The highest BCUT2D eigenvalue weighted by Gasteiger charge is 2.34. The van der Waals surface area contributed by atoms with E-state index in [9.17, 15) is 4.79 Å². The van der Waals surface area contributed by atoms with Crippen LogP contribution in [0.2, 0.25) is 0 Å². The van der Waals surface area contributed by atoms with Gasteiger partial charge in [0.05, 0.1) is 5.75 Å². The van der Waals surface area contributed by atoms with Crippen molar-refractivity contribution >= 4 is 18.5 Å². The second-order valence-electron chi connectivity index (χ2n) is 3.97. The first-order chi connectivity index (χ1) is 6.29. The Kier molecular flexibility index (Phi) is 2.79. The van der Waals surface area contributed by atoms with Crippen molar-refractivity contribution in [3.05, 3.63) is 0 Å². The van der Waals surface area contributed by atoms with E-state index in [-0.39, 0.29) is 5.91 Å². The number of amides is 1. The Morgan fingerprint density at radius 1 is 1.46 bits per heavy atom. The Morgan fingerprint density at radius 2 is 2.15 bits per heavy atom. The third-order valence-corrected chi connectivity index (χ3v) is 3.43. The maximum Gasteiger partial charge on any atom is 0.229 e. The van der Waals surface area contributed by atoms with Crippen LogP contribution in [0.4, 0.5) is 0 Å². The number of carbonyl (C=O) groups excluding carboxylic acids is 1. The molecule has 0 aromatic rings. The van der Waals surface area contributed by atoms with Crippen LogP contribution < -0.4 is 5.32 Å². The van der Waals surface area contributed by atoms with Crippen LogP contribution in [0.5, 0.6) is 0 Å². The minimum Gasteiger partial charge on any atom is -0.351 e. The number of nitrogens with zero attached hydrogens (tertiary/aromatic N) is 1. The summed E-state index contributed by atoms with van der Waals surface area (Å²) in [5, 5.41) is 3.04. The average molecular weight is 200 g/mol. The molecule has 3 fully saturated rings. The third kappa shape index (κ3) is 1.99. The summed E-state index contributed by atoms with van der Waals surface area (Å²) >= 11 is 3.96. The lowest BCUT2D eigenvalue weighted by molar-refractivity contribution is -0.120. The molecule has 2 bridgehead atoms. The summed E-state index contributed by atoms with van der Waals surface area (Å²) in [7, 11) is 0. The van der Waals surface area contributed by atoms with Gasteiger partial charge in [-0.15, -0.1) is 0 Å². The van der Waals surface area contributed by atoms with Gasteiger partial charge in [0.15, 0.2) is 0 Å². The van der Waals surface area contributed by atoms with Crippen molar-refractivity contribution in [1.29, 1.82) is 0 Å². The van der Waals surface area contributed by atoms with Gasteiger partial charge in [-0.05, 0) is 31.8 Å². The minimum absolute atomic E-state index is 0.0714. The summed E-state index contributed by atoms with van der Waals surface area (Å²) in [6.45, 7) is 3.49. The lowest BCUT2D eigenvalue weighted by atomic mass is 9.84. The molecule has 3 nitrogen and oxygen atoms in total. The summed E-state index contributed by atoms with van der Waals surface area (Å²) in [6.07, 6.45) is 2.50. The Bertz CT molecular complexity index is 202. The van der Waals surface area contributed by atoms with E-state index in [2.05, 4.69) is 22.8 Å². The van der Waals surface area contributed by atoms with Gasteiger partial charge in [0.2, 0.25) is 5.91 Å².